The normalized spacial score (nSPS) is 12.5. The van der Waals surface area contributed by atoms with Crippen LogP contribution in [0.4, 0.5) is 0 Å². The fraction of sp³-hybridized carbons (Fsp3) is 0.167. The molecule has 0 aliphatic heterocycles. The van der Waals surface area contributed by atoms with E-state index in [1.165, 1.54) is 4.90 Å². The molecule has 0 aliphatic carbocycles. The molecule has 106 valence electrons. The Hall–Kier alpha value is -1.84. The molecule has 2 nitrogen and oxygen atoms in total. The summed E-state index contributed by atoms with van der Waals surface area (Å²) in [6, 6.07) is 18.6. The molecule has 2 aromatic carbocycles. The smallest absolute Gasteiger partial charge is 0.0753 e. The zero-order chi connectivity index (χ0) is 14.7. The molecule has 0 aliphatic rings. The largest absolute Gasteiger partial charge is 0.320 e. The van der Waals surface area contributed by atoms with Crippen molar-refractivity contribution in [2.75, 3.05) is 5.75 Å². The number of thioether (sulfide) groups is 1. The molecule has 0 radical (unpaired) electrons. The molecule has 0 fully saturated rings. The molecular weight excluding hydrogens is 276 g/mol. The monoisotopic (exact) mass is 294 g/mol. The third kappa shape index (κ3) is 2.94. The van der Waals surface area contributed by atoms with Crippen molar-refractivity contribution in [1.29, 1.82) is 0 Å². The Balaban J connectivity index is 1.98. The van der Waals surface area contributed by atoms with E-state index < -0.39 is 0 Å². The molecule has 3 rings (SSSR count). The zero-order valence-electron chi connectivity index (χ0n) is 12.0. The predicted octanol–water partition coefficient (Wildman–Crippen LogP) is 4.39. The Morgan fingerprint density at radius 1 is 1.05 bits per heavy atom. The first kappa shape index (κ1) is 14.1. The average Bonchev–Trinajstić information content (AvgIpc) is 2.55. The molecule has 0 saturated heterocycles. The van der Waals surface area contributed by atoms with Gasteiger partial charge < -0.3 is 5.73 Å². The maximum absolute atomic E-state index is 6.46. The van der Waals surface area contributed by atoms with Crippen molar-refractivity contribution in [2.24, 2.45) is 5.73 Å². The van der Waals surface area contributed by atoms with E-state index in [9.17, 15) is 0 Å². The fourth-order valence-corrected chi connectivity index (χ4v) is 3.16. The van der Waals surface area contributed by atoms with Gasteiger partial charge in [-0.3, -0.25) is 4.98 Å². The minimum absolute atomic E-state index is 0.149. The molecule has 1 atom stereocenters. The maximum Gasteiger partial charge on any atom is 0.0753 e. The van der Waals surface area contributed by atoms with Crippen LogP contribution in [-0.4, -0.2) is 10.7 Å². The number of hydrogen-bond donors (Lipinski definition) is 1. The highest BCUT2D eigenvalue weighted by Gasteiger charge is 2.12. The first-order valence-electron chi connectivity index (χ1n) is 7.11. The van der Waals surface area contributed by atoms with Crippen LogP contribution in [0.5, 0.6) is 0 Å². The molecule has 0 saturated carbocycles. The number of fused-ring (bicyclic) bond motifs is 1. The van der Waals surface area contributed by atoms with Crippen molar-refractivity contribution in [3.05, 3.63) is 71.9 Å². The second kappa shape index (κ2) is 6.29. The summed E-state index contributed by atoms with van der Waals surface area (Å²) in [5, 5.41) is 1.13. The molecule has 3 heteroatoms. The van der Waals surface area contributed by atoms with Crippen molar-refractivity contribution < 1.29 is 0 Å². The Labute approximate surface area is 129 Å². The maximum atomic E-state index is 6.46. The molecule has 1 heterocycles. The molecule has 1 unspecified atom stereocenters. The van der Waals surface area contributed by atoms with Gasteiger partial charge in [0.25, 0.3) is 0 Å². The van der Waals surface area contributed by atoms with Crippen molar-refractivity contribution in [3.8, 4) is 0 Å². The molecular formula is C18H18N2S. The number of nitrogens with two attached hydrogens (primary N) is 1. The first-order chi connectivity index (χ1) is 10.3. The third-order valence-corrected chi connectivity index (χ3v) is 4.44. The van der Waals surface area contributed by atoms with Gasteiger partial charge in [-0.2, -0.15) is 0 Å². The highest BCUT2D eigenvalue weighted by molar-refractivity contribution is 7.99. The van der Waals surface area contributed by atoms with Gasteiger partial charge in [0.2, 0.25) is 0 Å². The van der Waals surface area contributed by atoms with Crippen LogP contribution in [-0.2, 0) is 0 Å². The van der Waals surface area contributed by atoms with Gasteiger partial charge >= 0.3 is 0 Å². The van der Waals surface area contributed by atoms with Gasteiger partial charge in [0.1, 0.15) is 0 Å². The van der Waals surface area contributed by atoms with Gasteiger partial charge in [-0.05, 0) is 35.1 Å². The van der Waals surface area contributed by atoms with E-state index in [1.807, 2.05) is 30.1 Å². The molecule has 3 aromatic rings. The first-order valence-corrected chi connectivity index (χ1v) is 8.10. The van der Waals surface area contributed by atoms with E-state index in [0.717, 1.165) is 27.8 Å². The van der Waals surface area contributed by atoms with Crippen LogP contribution in [0.25, 0.3) is 10.9 Å². The molecule has 0 bridgehead atoms. The number of benzene rings is 2. The van der Waals surface area contributed by atoms with Gasteiger partial charge in [0.15, 0.2) is 0 Å². The quantitative estimate of drug-likeness (QED) is 0.725. The second-order valence-corrected chi connectivity index (χ2v) is 6.24. The minimum Gasteiger partial charge on any atom is -0.320 e. The highest BCUT2D eigenvalue weighted by atomic mass is 32.2. The topological polar surface area (TPSA) is 38.9 Å². The van der Waals surface area contributed by atoms with E-state index in [2.05, 4.69) is 54.4 Å². The molecule has 2 N–H and O–H groups in total. The Morgan fingerprint density at radius 3 is 2.57 bits per heavy atom. The van der Waals surface area contributed by atoms with Crippen LogP contribution >= 0.6 is 11.8 Å². The third-order valence-electron chi connectivity index (χ3n) is 3.55. The molecule has 0 amide bonds. The van der Waals surface area contributed by atoms with Crippen LogP contribution in [0.1, 0.15) is 24.1 Å². The van der Waals surface area contributed by atoms with Gasteiger partial charge in [0, 0.05) is 16.5 Å². The van der Waals surface area contributed by atoms with Crippen molar-refractivity contribution in [2.45, 2.75) is 17.9 Å². The second-order valence-electron chi connectivity index (χ2n) is 4.90. The van der Waals surface area contributed by atoms with Crippen LogP contribution in [0.15, 0.2) is 65.7 Å². The predicted molar refractivity (Wildman–Crippen MR) is 90.6 cm³/mol. The zero-order valence-corrected chi connectivity index (χ0v) is 12.8. The van der Waals surface area contributed by atoms with Crippen LogP contribution in [0.3, 0.4) is 0 Å². The van der Waals surface area contributed by atoms with Crippen molar-refractivity contribution in [1.82, 2.24) is 4.98 Å². The van der Waals surface area contributed by atoms with Gasteiger partial charge in [-0.15, -0.1) is 11.8 Å². The summed E-state index contributed by atoms with van der Waals surface area (Å²) in [6.07, 6.45) is 1.82. The average molecular weight is 294 g/mol. The summed E-state index contributed by atoms with van der Waals surface area (Å²) >= 11 is 1.84. The number of nitrogens with zero attached hydrogens (tertiary/aromatic N) is 1. The number of aromatic nitrogens is 1. The van der Waals surface area contributed by atoms with E-state index in [1.54, 1.807) is 0 Å². The van der Waals surface area contributed by atoms with E-state index in [4.69, 9.17) is 5.73 Å². The van der Waals surface area contributed by atoms with E-state index >= 15 is 0 Å². The summed E-state index contributed by atoms with van der Waals surface area (Å²) < 4.78 is 0. The summed E-state index contributed by atoms with van der Waals surface area (Å²) in [6.45, 7) is 2.16. The number of rotatable bonds is 4. The van der Waals surface area contributed by atoms with Gasteiger partial charge in [-0.1, -0.05) is 43.3 Å². The highest BCUT2D eigenvalue weighted by Crippen LogP contribution is 2.27. The minimum atomic E-state index is -0.149. The lowest BCUT2D eigenvalue weighted by atomic mass is 9.97. The van der Waals surface area contributed by atoms with Gasteiger partial charge in [0.05, 0.1) is 11.6 Å². The standard InChI is InChI=1S/C18H18N2S/c1-2-21-15-10-8-13(9-11-15)17(19)16-7-3-5-14-6-4-12-20-18(14)16/h3-12,17H,2,19H2,1H3. The lowest BCUT2D eigenvalue weighted by Gasteiger charge is -2.15. The van der Waals surface area contributed by atoms with Crippen molar-refractivity contribution in [3.63, 3.8) is 0 Å². The van der Waals surface area contributed by atoms with Crippen molar-refractivity contribution >= 4 is 22.7 Å². The Kier molecular flexibility index (Phi) is 4.23. The molecule has 1 aromatic heterocycles. The Bertz CT molecular complexity index is 732. The number of pyridine rings is 1. The lowest BCUT2D eigenvalue weighted by Crippen LogP contribution is -2.12. The Morgan fingerprint density at radius 2 is 1.81 bits per heavy atom. The van der Waals surface area contributed by atoms with E-state index in [-0.39, 0.29) is 6.04 Å². The number of para-hydroxylation sites is 1. The summed E-state index contributed by atoms with van der Waals surface area (Å²) in [5.41, 5.74) is 9.64. The summed E-state index contributed by atoms with van der Waals surface area (Å²) in [7, 11) is 0. The lowest BCUT2D eigenvalue weighted by molar-refractivity contribution is 0.875. The van der Waals surface area contributed by atoms with E-state index in [0.29, 0.717) is 0 Å². The van der Waals surface area contributed by atoms with Crippen LogP contribution in [0.2, 0.25) is 0 Å². The van der Waals surface area contributed by atoms with Gasteiger partial charge in [-0.25, -0.2) is 0 Å². The summed E-state index contributed by atoms with van der Waals surface area (Å²) in [4.78, 5) is 5.77. The fourth-order valence-electron chi connectivity index (χ4n) is 2.50. The number of hydrogen-bond acceptors (Lipinski definition) is 3. The molecule has 21 heavy (non-hydrogen) atoms. The molecule has 0 spiro atoms. The SMILES string of the molecule is CCSc1ccc(C(N)c2cccc3cccnc23)cc1. The summed E-state index contributed by atoms with van der Waals surface area (Å²) in [5.74, 6) is 1.08. The van der Waals surface area contributed by atoms with Crippen LogP contribution < -0.4 is 5.73 Å². The van der Waals surface area contributed by atoms with Crippen LogP contribution in [0, 0.1) is 0 Å².